The number of imidazole rings is 1. The Hall–Kier alpha value is -3.47. The third-order valence-corrected chi connectivity index (χ3v) is 4.61. The van der Waals surface area contributed by atoms with Crippen LogP contribution in [0.3, 0.4) is 0 Å². The van der Waals surface area contributed by atoms with E-state index in [1.54, 1.807) is 12.1 Å². The van der Waals surface area contributed by atoms with Gasteiger partial charge in [-0.25, -0.2) is 9.37 Å². The highest BCUT2D eigenvalue weighted by Crippen LogP contribution is 2.27. The Balaban J connectivity index is 1.88. The van der Waals surface area contributed by atoms with Gasteiger partial charge in [0.15, 0.2) is 0 Å². The molecule has 0 saturated carbocycles. The molecule has 1 amide bonds. The van der Waals surface area contributed by atoms with Crippen molar-refractivity contribution in [1.82, 2.24) is 14.9 Å². The van der Waals surface area contributed by atoms with Crippen LogP contribution >= 0.6 is 0 Å². The summed E-state index contributed by atoms with van der Waals surface area (Å²) in [6, 6.07) is 21.9. The highest BCUT2D eigenvalue weighted by Gasteiger charge is 2.15. The lowest BCUT2D eigenvalue weighted by Crippen LogP contribution is -2.22. The van der Waals surface area contributed by atoms with Crippen molar-refractivity contribution in [3.63, 3.8) is 0 Å². The van der Waals surface area contributed by atoms with Crippen LogP contribution in [0.4, 0.5) is 4.39 Å². The van der Waals surface area contributed by atoms with Crippen molar-refractivity contribution < 1.29 is 9.18 Å². The predicted molar refractivity (Wildman–Crippen MR) is 109 cm³/mol. The van der Waals surface area contributed by atoms with E-state index in [4.69, 9.17) is 4.98 Å². The average molecular weight is 373 g/mol. The molecule has 3 aromatic carbocycles. The van der Waals surface area contributed by atoms with Crippen LogP contribution < -0.4 is 5.32 Å². The molecule has 4 aromatic rings. The van der Waals surface area contributed by atoms with Crippen molar-refractivity contribution in [3.05, 3.63) is 89.7 Å². The third kappa shape index (κ3) is 3.51. The minimum absolute atomic E-state index is 0.121. The molecule has 1 heterocycles. The summed E-state index contributed by atoms with van der Waals surface area (Å²) in [5, 5.41) is 2.82. The molecular weight excluding hydrogens is 353 g/mol. The first kappa shape index (κ1) is 17.9. The topological polar surface area (TPSA) is 46.9 Å². The van der Waals surface area contributed by atoms with Crippen molar-refractivity contribution in [3.8, 4) is 11.4 Å². The number of hydrogen-bond acceptors (Lipinski definition) is 2. The lowest BCUT2D eigenvalue weighted by atomic mass is 10.1. The number of aromatic nitrogens is 2. The van der Waals surface area contributed by atoms with Gasteiger partial charge in [0.1, 0.15) is 11.6 Å². The molecule has 4 nitrogen and oxygen atoms in total. The molecule has 0 aliphatic carbocycles. The van der Waals surface area contributed by atoms with Gasteiger partial charge in [-0.2, -0.15) is 0 Å². The monoisotopic (exact) mass is 373 g/mol. The van der Waals surface area contributed by atoms with E-state index >= 15 is 0 Å². The van der Waals surface area contributed by atoms with Gasteiger partial charge < -0.3 is 9.88 Å². The summed E-state index contributed by atoms with van der Waals surface area (Å²) in [5.74, 6) is 0.392. The number of hydrogen-bond donors (Lipinski definition) is 1. The van der Waals surface area contributed by atoms with E-state index in [-0.39, 0.29) is 11.7 Å². The van der Waals surface area contributed by atoms with Gasteiger partial charge in [-0.3, -0.25) is 4.79 Å². The molecule has 0 spiro atoms. The Morgan fingerprint density at radius 1 is 1.04 bits per heavy atom. The van der Waals surface area contributed by atoms with Crippen LogP contribution in [0.2, 0.25) is 0 Å². The molecule has 140 valence electrons. The van der Waals surface area contributed by atoms with E-state index in [2.05, 4.69) is 5.32 Å². The van der Waals surface area contributed by atoms with Crippen LogP contribution in [0.15, 0.2) is 72.8 Å². The van der Waals surface area contributed by atoms with Crippen LogP contribution in [-0.2, 0) is 6.54 Å². The first-order valence-corrected chi connectivity index (χ1v) is 9.24. The largest absolute Gasteiger partial charge is 0.352 e. The molecule has 0 aliphatic heterocycles. The van der Waals surface area contributed by atoms with Crippen LogP contribution in [-0.4, -0.2) is 22.0 Å². The predicted octanol–water partition coefficient (Wildman–Crippen LogP) is 4.64. The Labute approximate surface area is 162 Å². The van der Waals surface area contributed by atoms with Gasteiger partial charge in [-0.1, -0.05) is 42.5 Å². The highest BCUT2D eigenvalue weighted by molar-refractivity contribution is 5.97. The first-order chi connectivity index (χ1) is 13.7. The number of carbonyl (C=O) groups excluding carboxylic acids is 1. The number of nitrogens with one attached hydrogen (secondary N) is 1. The van der Waals surface area contributed by atoms with E-state index < -0.39 is 0 Å². The summed E-state index contributed by atoms with van der Waals surface area (Å²) in [4.78, 5) is 17.1. The zero-order chi connectivity index (χ0) is 19.5. The Kier molecular flexibility index (Phi) is 4.89. The Bertz CT molecular complexity index is 1140. The lowest BCUT2D eigenvalue weighted by molar-refractivity contribution is 0.0956. The number of carbonyl (C=O) groups is 1. The fourth-order valence-corrected chi connectivity index (χ4v) is 3.31. The van der Waals surface area contributed by atoms with Gasteiger partial charge in [-0.15, -0.1) is 0 Å². The maximum atomic E-state index is 13.7. The maximum absolute atomic E-state index is 13.7. The zero-order valence-electron chi connectivity index (χ0n) is 15.5. The Morgan fingerprint density at radius 3 is 2.61 bits per heavy atom. The van der Waals surface area contributed by atoms with Gasteiger partial charge in [0.2, 0.25) is 0 Å². The van der Waals surface area contributed by atoms with E-state index in [0.717, 1.165) is 28.0 Å². The van der Waals surface area contributed by atoms with E-state index in [0.29, 0.717) is 18.7 Å². The van der Waals surface area contributed by atoms with Gasteiger partial charge in [0.25, 0.3) is 5.91 Å². The summed E-state index contributed by atoms with van der Waals surface area (Å²) >= 11 is 0. The van der Waals surface area contributed by atoms with Crippen LogP contribution in [0, 0.1) is 5.82 Å². The summed E-state index contributed by atoms with van der Waals surface area (Å²) in [6.07, 6.45) is 0. The van der Waals surface area contributed by atoms with E-state index in [9.17, 15) is 9.18 Å². The molecule has 1 N–H and O–H groups in total. The lowest BCUT2D eigenvalue weighted by Gasteiger charge is -2.10. The standard InChI is InChI=1S/C23H20FN3O/c1-2-25-23(28)18-11-12-20-21(14-18)27(15-16-7-6-10-19(24)13-16)22(26-20)17-8-4-3-5-9-17/h3-14H,2,15H2,1H3,(H,25,28). The molecular formula is C23H20FN3O. The second kappa shape index (κ2) is 7.64. The third-order valence-electron chi connectivity index (χ3n) is 4.61. The average Bonchev–Trinajstić information content (AvgIpc) is 3.06. The van der Waals surface area contributed by atoms with Crippen molar-refractivity contribution in [2.45, 2.75) is 13.5 Å². The smallest absolute Gasteiger partial charge is 0.251 e. The fourth-order valence-electron chi connectivity index (χ4n) is 3.31. The van der Waals surface area contributed by atoms with Crippen molar-refractivity contribution in [1.29, 1.82) is 0 Å². The van der Waals surface area contributed by atoms with Crippen molar-refractivity contribution >= 4 is 16.9 Å². The van der Waals surface area contributed by atoms with Gasteiger partial charge in [0.05, 0.1) is 11.0 Å². The maximum Gasteiger partial charge on any atom is 0.251 e. The molecule has 0 radical (unpaired) electrons. The minimum atomic E-state index is -0.272. The number of benzene rings is 3. The minimum Gasteiger partial charge on any atom is -0.352 e. The van der Waals surface area contributed by atoms with E-state index in [1.807, 2.05) is 60.0 Å². The molecule has 0 fully saturated rings. The van der Waals surface area contributed by atoms with Crippen molar-refractivity contribution in [2.24, 2.45) is 0 Å². The normalized spacial score (nSPS) is 10.9. The highest BCUT2D eigenvalue weighted by atomic mass is 19.1. The molecule has 28 heavy (non-hydrogen) atoms. The SMILES string of the molecule is CCNC(=O)c1ccc2nc(-c3ccccc3)n(Cc3cccc(F)c3)c2c1. The number of halogens is 1. The summed E-state index contributed by atoms with van der Waals surface area (Å²) in [5.41, 5.74) is 4.01. The quantitative estimate of drug-likeness (QED) is 0.554. The second-order valence-electron chi connectivity index (χ2n) is 6.58. The van der Waals surface area contributed by atoms with Crippen molar-refractivity contribution in [2.75, 3.05) is 6.54 Å². The molecule has 5 heteroatoms. The first-order valence-electron chi connectivity index (χ1n) is 9.24. The summed E-state index contributed by atoms with van der Waals surface area (Å²) in [6.45, 7) is 2.91. The van der Waals surface area contributed by atoms with Crippen LogP contribution in [0.25, 0.3) is 22.4 Å². The molecule has 0 atom stereocenters. The number of rotatable bonds is 5. The molecule has 0 unspecified atom stereocenters. The number of fused-ring (bicyclic) bond motifs is 1. The zero-order valence-corrected chi connectivity index (χ0v) is 15.5. The molecule has 0 bridgehead atoms. The van der Waals surface area contributed by atoms with Crippen LogP contribution in [0.5, 0.6) is 0 Å². The van der Waals surface area contributed by atoms with Crippen LogP contribution in [0.1, 0.15) is 22.8 Å². The van der Waals surface area contributed by atoms with Gasteiger partial charge in [0, 0.05) is 24.2 Å². The number of nitrogens with zero attached hydrogens (tertiary/aromatic N) is 2. The number of amides is 1. The second-order valence-corrected chi connectivity index (χ2v) is 6.58. The van der Waals surface area contributed by atoms with Gasteiger partial charge in [-0.05, 0) is 42.8 Å². The fraction of sp³-hybridized carbons (Fsp3) is 0.130. The van der Waals surface area contributed by atoms with Gasteiger partial charge >= 0.3 is 0 Å². The molecule has 4 rings (SSSR count). The summed E-state index contributed by atoms with van der Waals surface area (Å²) in [7, 11) is 0. The molecule has 0 saturated heterocycles. The molecule has 0 aliphatic rings. The summed E-state index contributed by atoms with van der Waals surface area (Å²) < 4.78 is 15.7. The molecule has 1 aromatic heterocycles. The van der Waals surface area contributed by atoms with E-state index in [1.165, 1.54) is 12.1 Å². The Morgan fingerprint density at radius 2 is 1.86 bits per heavy atom.